The molecule has 2 rings (SSSR count). The van der Waals surface area contributed by atoms with Gasteiger partial charge in [0.15, 0.2) is 0 Å². The maximum Gasteiger partial charge on any atom is 0.321 e. The predicted molar refractivity (Wildman–Crippen MR) is 97.0 cm³/mol. The average molecular weight is 353 g/mol. The Balaban J connectivity index is 1.72. The van der Waals surface area contributed by atoms with Crippen LogP contribution in [0.15, 0.2) is 17.5 Å². The SMILES string of the molecule is CC(C)CNC(=O)NC(=O)C(C)N1CCN(Cc2cccs2)CC1. The van der Waals surface area contributed by atoms with Crippen molar-refractivity contribution in [2.24, 2.45) is 5.92 Å². The summed E-state index contributed by atoms with van der Waals surface area (Å²) in [6.45, 7) is 11.0. The molecule has 1 unspecified atom stereocenters. The molecule has 1 aliphatic heterocycles. The summed E-state index contributed by atoms with van der Waals surface area (Å²) in [5, 5.41) is 7.24. The van der Waals surface area contributed by atoms with Crippen LogP contribution in [0.1, 0.15) is 25.6 Å². The van der Waals surface area contributed by atoms with Gasteiger partial charge in [-0.3, -0.25) is 19.9 Å². The van der Waals surface area contributed by atoms with E-state index in [-0.39, 0.29) is 11.9 Å². The molecule has 3 amide bonds. The third kappa shape index (κ3) is 5.89. The molecule has 1 saturated heterocycles. The lowest BCUT2D eigenvalue weighted by Crippen LogP contribution is -2.55. The van der Waals surface area contributed by atoms with Gasteiger partial charge in [-0.2, -0.15) is 0 Å². The van der Waals surface area contributed by atoms with Gasteiger partial charge < -0.3 is 5.32 Å². The molecule has 1 aromatic rings. The summed E-state index contributed by atoms with van der Waals surface area (Å²) in [6, 6.07) is 3.53. The van der Waals surface area contributed by atoms with Crippen molar-refractivity contribution in [3.8, 4) is 0 Å². The van der Waals surface area contributed by atoms with E-state index in [2.05, 4.69) is 37.9 Å². The molecule has 0 saturated carbocycles. The lowest BCUT2D eigenvalue weighted by atomic mass is 10.2. The van der Waals surface area contributed by atoms with Crippen LogP contribution in [0.25, 0.3) is 0 Å². The maximum atomic E-state index is 12.2. The zero-order valence-electron chi connectivity index (χ0n) is 14.7. The van der Waals surface area contributed by atoms with Crippen LogP contribution < -0.4 is 10.6 Å². The van der Waals surface area contributed by atoms with E-state index in [0.717, 1.165) is 32.7 Å². The standard InChI is InChI=1S/C17H28N4O2S/c1-13(2)11-18-17(23)19-16(22)14(3)21-8-6-20(7-9-21)12-15-5-4-10-24-15/h4-5,10,13-14H,6-9,11-12H2,1-3H3,(H2,18,19,22,23). The van der Waals surface area contributed by atoms with E-state index in [4.69, 9.17) is 0 Å². The maximum absolute atomic E-state index is 12.2. The number of urea groups is 1. The van der Waals surface area contributed by atoms with Crippen LogP contribution in [0.5, 0.6) is 0 Å². The quantitative estimate of drug-likeness (QED) is 0.818. The molecule has 134 valence electrons. The third-order valence-corrected chi connectivity index (χ3v) is 5.06. The highest BCUT2D eigenvalue weighted by Crippen LogP contribution is 2.14. The number of nitrogens with one attached hydrogen (secondary N) is 2. The molecule has 0 aromatic carbocycles. The lowest BCUT2D eigenvalue weighted by Gasteiger charge is -2.37. The van der Waals surface area contributed by atoms with Crippen molar-refractivity contribution < 1.29 is 9.59 Å². The molecule has 0 radical (unpaired) electrons. The summed E-state index contributed by atoms with van der Waals surface area (Å²) in [4.78, 5) is 29.8. The number of hydrogen-bond acceptors (Lipinski definition) is 5. The van der Waals surface area contributed by atoms with E-state index in [0.29, 0.717) is 12.5 Å². The van der Waals surface area contributed by atoms with Crippen molar-refractivity contribution in [1.82, 2.24) is 20.4 Å². The first-order valence-electron chi connectivity index (χ1n) is 8.53. The summed E-state index contributed by atoms with van der Waals surface area (Å²) in [7, 11) is 0. The number of hydrogen-bond donors (Lipinski definition) is 2. The molecule has 0 aliphatic carbocycles. The largest absolute Gasteiger partial charge is 0.338 e. The zero-order valence-corrected chi connectivity index (χ0v) is 15.6. The van der Waals surface area contributed by atoms with Gasteiger partial charge in [0.05, 0.1) is 6.04 Å². The second-order valence-electron chi connectivity index (χ2n) is 6.66. The van der Waals surface area contributed by atoms with Crippen LogP contribution in [-0.2, 0) is 11.3 Å². The number of nitrogens with zero attached hydrogens (tertiary/aromatic N) is 2. The minimum absolute atomic E-state index is 0.233. The predicted octanol–water partition coefficient (Wildman–Crippen LogP) is 1.74. The third-order valence-electron chi connectivity index (χ3n) is 4.20. The zero-order chi connectivity index (χ0) is 17.5. The topological polar surface area (TPSA) is 64.7 Å². The number of rotatable bonds is 6. The Kier molecular flexibility index (Phi) is 7.20. The fraction of sp³-hybridized carbons (Fsp3) is 0.647. The number of imide groups is 1. The molecule has 6 nitrogen and oxygen atoms in total. The summed E-state index contributed by atoms with van der Waals surface area (Å²) in [5.41, 5.74) is 0. The van der Waals surface area contributed by atoms with E-state index < -0.39 is 6.03 Å². The first-order valence-corrected chi connectivity index (χ1v) is 9.41. The molecule has 2 N–H and O–H groups in total. The summed E-state index contributed by atoms with van der Waals surface area (Å²) >= 11 is 1.78. The van der Waals surface area contributed by atoms with Crippen molar-refractivity contribution in [3.05, 3.63) is 22.4 Å². The van der Waals surface area contributed by atoms with Crippen LogP contribution in [-0.4, -0.2) is 60.5 Å². The number of carbonyl (C=O) groups is 2. The normalized spacial score (nSPS) is 17.7. The molecule has 1 aliphatic rings. The molecular formula is C17H28N4O2S. The van der Waals surface area contributed by atoms with Gasteiger partial charge in [0, 0.05) is 44.1 Å². The van der Waals surface area contributed by atoms with Gasteiger partial charge in [0.25, 0.3) is 0 Å². The van der Waals surface area contributed by atoms with Gasteiger partial charge in [0.2, 0.25) is 5.91 Å². The van der Waals surface area contributed by atoms with Gasteiger partial charge in [-0.25, -0.2) is 4.79 Å². The van der Waals surface area contributed by atoms with Gasteiger partial charge in [0.1, 0.15) is 0 Å². The van der Waals surface area contributed by atoms with Crippen LogP contribution >= 0.6 is 11.3 Å². The Hall–Kier alpha value is -1.44. The van der Waals surface area contributed by atoms with E-state index >= 15 is 0 Å². The Morgan fingerprint density at radius 2 is 1.92 bits per heavy atom. The molecule has 2 heterocycles. The van der Waals surface area contributed by atoms with Crippen LogP contribution in [0, 0.1) is 5.92 Å². The van der Waals surface area contributed by atoms with Gasteiger partial charge >= 0.3 is 6.03 Å². The number of amides is 3. The fourth-order valence-corrected chi connectivity index (χ4v) is 3.40. The van der Waals surface area contributed by atoms with Gasteiger partial charge in [-0.05, 0) is 24.3 Å². The van der Waals surface area contributed by atoms with Gasteiger partial charge in [-0.1, -0.05) is 19.9 Å². The first kappa shape index (κ1) is 18.9. The van der Waals surface area contributed by atoms with E-state index in [9.17, 15) is 9.59 Å². The van der Waals surface area contributed by atoms with Crippen LogP contribution in [0.4, 0.5) is 4.79 Å². The second-order valence-corrected chi connectivity index (χ2v) is 7.69. The molecule has 1 fully saturated rings. The summed E-state index contributed by atoms with van der Waals surface area (Å²) in [6.07, 6.45) is 0. The van der Waals surface area contributed by atoms with E-state index in [1.165, 1.54) is 4.88 Å². The van der Waals surface area contributed by atoms with E-state index in [1.807, 2.05) is 20.8 Å². The Morgan fingerprint density at radius 3 is 2.50 bits per heavy atom. The van der Waals surface area contributed by atoms with Crippen molar-refractivity contribution in [1.29, 1.82) is 0 Å². The lowest BCUT2D eigenvalue weighted by molar-refractivity contribution is -0.125. The molecule has 0 bridgehead atoms. The summed E-state index contributed by atoms with van der Waals surface area (Å²) in [5.74, 6) is 0.127. The first-order chi connectivity index (χ1) is 11.5. The van der Waals surface area contributed by atoms with Crippen LogP contribution in [0.3, 0.4) is 0 Å². The van der Waals surface area contributed by atoms with Crippen molar-refractivity contribution in [2.45, 2.75) is 33.4 Å². The highest BCUT2D eigenvalue weighted by atomic mass is 32.1. The minimum atomic E-state index is -0.406. The molecule has 0 spiro atoms. The number of carbonyl (C=O) groups excluding carboxylic acids is 2. The summed E-state index contributed by atoms with van der Waals surface area (Å²) < 4.78 is 0. The Bertz CT molecular complexity index is 525. The van der Waals surface area contributed by atoms with Crippen molar-refractivity contribution >= 4 is 23.3 Å². The highest BCUT2D eigenvalue weighted by Gasteiger charge is 2.26. The number of thiophene rings is 1. The molecule has 7 heteroatoms. The second kappa shape index (κ2) is 9.15. The Morgan fingerprint density at radius 1 is 1.21 bits per heavy atom. The fourth-order valence-electron chi connectivity index (χ4n) is 2.65. The van der Waals surface area contributed by atoms with E-state index in [1.54, 1.807) is 11.3 Å². The Labute approximate surface area is 148 Å². The van der Waals surface area contributed by atoms with Crippen molar-refractivity contribution in [3.63, 3.8) is 0 Å². The van der Waals surface area contributed by atoms with Gasteiger partial charge in [-0.15, -0.1) is 11.3 Å². The molecule has 24 heavy (non-hydrogen) atoms. The molecular weight excluding hydrogens is 324 g/mol. The monoisotopic (exact) mass is 352 g/mol. The minimum Gasteiger partial charge on any atom is -0.338 e. The molecule has 1 aromatic heterocycles. The van der Waals surface area contributed by atoms with Crippen LogP contribution in [0.2, 0.25) is 0 Å². The highest BCUT2D eigenvalue weighted by molar-refractivity contribution is 7.09. The molecule has 1 atom stereocenters. The average Bonchev–Trinajstić information content (AvgIpc) is 3.06. The van der Waals surface area contributed by atoms with Crippen molar-refractivity contribution in [2.75, 3.05) is 32.7 Å². The smallest absolute Gasteiger partial charge is 0.321 e. The number of piperazine rings is 1.